The Morgan fingerprint density at radius 2 is 1.88 bits per heavy atom. The van der Waals surface area contributed by atoms with Gasteiger partial charge < -0.3 is 9.80 Å². The molecule has 0 aliphatic carbocycles. The van der Waals surface area contributed by atoms with E-state index in [1.54, 1.807) is 17.7 Å². The molecule has 1 aromatic carbocycles. The van der Waals surface area contributed by atoms with Crippen molar-refractivity contribution in [3.05, 3.63) is 40.6 Å². The van der Waals surface area contributed by atoms with E-state index in [0.717, 1.165) is 54.5 Å². The average Bonchev–Trinajstić information content (AvgIpc) is 3.06. The van der Waals surface area contributed by atoms with Crippen molar-refractivity contribution in [3.8, 4) is 0 Å². The molecule has 3 heterocycles. The normalized spacial score (nSPS) is 15.6. The number of aryl methyl sites for hydroxylation is 1. The number of benzene rings is 1. The Bertz CT molecular complexity index is 898. The number of anilines is 2. The fourth-order valence-corrected chi connectivity index (χ4v) is 4.28. The Kier molecular flexibility index (Phi) is 4.74. The van der Waals surface area contributed by atoms with Crippen molar-refractivity contribution in [2.24, 2.45) is 0 Å². The van der Waals surface area contributed by atoms with Gasteiger partial charge in [0.2, 0.25) is 0 Å². The maximum atomic E-state index is 4.44. The molecular weight excluding hydrogens is 344 g/mol. The van der Waals surface area contributed by atoms with Gasteiger partial charge in [-0.25, -0.2) is 15.0 Å². The maximum absolute atomic E-state index is 4.44. The molecule has 1 fully saturated rings. The zero-order valence-corrected chi connectivity index (χ0v) is 16.3. The molecule has 0 radical (unpaired) electrons. The first-order valence-corrected chi connectivity index (χ1v) is 9.72. The summed E-state index contributed by atoms with van der Waals surface area (Å²) < 4.78 is 0. The van der Waals surface area contributed by atoms with Crippen LogP contribution in [-0.2, 0) is 6.54 Å². The lowest BCUT2D eigenvalue weighted by Crippen LogP contribution is -2.45. The van der Waals surface area contributed by atoms with Crippen LogP contribution in [0.5, 0.6) is 0 Å². The molecule has 0 N–H and O–H groups in total. The Morgan fingerprint density at radius 1 is 1.08 bits per heavy atom. The third-order valence-electron chi connectivity index (χ3n) is 4.81. The van der Waals surface area contributed by atoms with Crippen LogP contribution in [0.4, 0.5) is 11.5 Å². The minimum Gasteiger partial charge on any atom is -0.369 e. The van der Waals surface area contributed by atoms with Gasteiger partial charge in [-0.05, 0) is 25.1 Å². The SMILES string of the molecule is Cc1ncc(CN2CCN(c3ccc4ncnc(N(C)C)c4c3)CC2)s1. The predicted octanol–water partition coefficient (Wildman–Crippen LogP) is 2.78. The van der Waals surface area contributed by atoms with Gasteiger partial charge in [-0.1, -0.05) is 0 Å². The highest BCUT2D eigenvalue weighted by molar-refractivity contribution is 7.11. The number of hydrogen-bond donors (Lipinski definition) is 0. The van der Waals surface area contributed by atoms with Gasteiger partial charge in [0.15, 0.2) is 0 Å². The molecule has 26 heavy (non-hydrogen) atoms. The molecule has 1 aliphatic heterocycles. The molecule has 4 rings (SSSR count). The van der Waals surface area contributed by atoms with Crippen molar-refractivity contribution >= 4 is 33.7 Å². The number of fused-ring (bicyclic) bond motifs is 1. The second kappa shape index (κ2) is 7.17. The van der Waals surface area contributed by atoms with Crippen molar-refractivity contribution < 1.29 is 0 Å². The van der Waals surface area contributed by atoms with E-state index in [0.29, 0.717) is 0 Å². The minimum absolute atomic E-state index is 0.969. The minimum atomic E-state index is 0.969. The van der Waals surface area contributed by atoms with Gasteiger partial charge in [-0.15, -0.1) is 11.3 Å². The molecule has 3 aromatic rings. The van der Waals surface area contributed by atoms with Gasteiger partial charge in [0.25, 0.3) is 0 Å². The van der Waals surface area contributed by atoms with Gasteiger partial charge in [0.05, 0.1) is 10.5 Å². The van der Waals surface area contributed by atoms with E-state index in [1.807, 2.05) is 25.2 Å². The number of rotatable bonds is 4. The predicted molar refractivity (Wildman–Crippen MR) is 108 cm³/mol. The molecule has 0 amide bonds. The van der Waals surface area contributed by atoms with Crippen LogP contribution in [0.15, 0.2) is 30.7 Å². The van der Waals surface area contributed by atoms with Gasteiger partial charge in [-0.2, -0.15) is 0 Å². The van der Waals surface area contributed by atoms with E-state index in [4.69, 9.17) is 0 Å². The maximum Gasteiger partial charge on any atom is 0.139 e. The van der Waals surface area contributed by atoms with Crippen LogP contribution in [0, 0.1) is 6.92 Å². The summed E-state index contributed by atoms with van der Waals surface area (Å²) in [6.07, 6.45) is 3.65. The summed E-state index contributed by atoms with van der Waals surface area (Å²) in [6.45, 7) is 7.29. The Hall–Kier alpha value is -2.25. The van der Waals surface area contributed by atoms with E-state index < -0.39 is 0 Å². The van der Waals surface area contributed by atoms with E-state index in [2.05, 4.69) is 49.9 Å². The lowest BCUT2D eigenvalue weighted by Gasteiger charge is -2.36. The third-order valence-corrected chi connectivity index (χ3v) is 5.71. The standard InChI is InChI=1S/C19H24N6S/c1-14-20-11-16(26-14)12-24-6-8-25(9-7-24)15-4-5-18-17(10-15)19(23(2)3)22-13-21-18/h4-5,10-11,13H,6-9,12H2,1-3H3. The molecule has 2 aromatic heterocycles. The number of piperazine rings is 1. The van der Waals surface area contributed by atoms with Crippen molar-refractivity contribution in [1.82, 2.24) is 19.9 Å². The van der Waals surface area contributed by atoms with Crippen molar-refractivity contribution in [2.45, 2.75) is 13.5 Å². The molecule has 1 saturated heterocycles. The summed E-state index contributed by atoms with van der Waals surface area (Å²) in [5.41, 5.74) is 2.25. The van der Waals surface area contributed by atoms with Gasteiger partial charge in [0.1, 0.15) is 12.1 Å². The summed E-state index contributed by atoms with van der Waals surface area (Å²) in [6, 6.07) is 6.51. The van der Waals surface area contributed by atoms with Crippen LogP contribution in [-0.4, -0.2) is 60.1 Å². The zero-order chi connectivity index (χ0) is 18.1. The molecule has 0 unspecified atom stereocenters. The smallest absolute Gasteiger partial charge is 0.139 e. The summed E-state index contributed by atoms with van der Waals surface area (Å²) in [5.74, 6) is 0.969. The largest absolute Gasteiger partial charge is 0.369 e. The molecule has 0 atom stereocenters. The number of thiazole rings is 1. The fourth-order valence-electron chi connectivity index (χ4n) is 3.45. The highest BCUT2D eigenvalue weighted by Crippen LogP contribution is 2.27. The molecule has 0 bridgehead atoms. The second-order valence-corrected chi connectivity index (χ2v) is 8.22. The topological polar surface area (TPSA) is 48.4 Å². The first-order chi connectivity index (χ1) is 12.6. The molecule has 0 spiro atoms. The summed E-state index contributed by atoms with van der Waals surface area (Å²) in [5, 5.41) is 2.26. The van der Waals surface area contributed by atoms with E-state index in [9.17, 15) is 0 Å². The van der Waals surface area contributed by atoms with Crippen LogP contribution < -0.4 is 9.80 Å². The first kappa shape index (κ1) is 17.2. The zero-order valence-electron chi connectivity index (χ0n) is 15.5. The molecule has 0 saturated carbocycles. The lowest BCUT2D eigenvalue weighted by molar-refractivity contribution is 0.252. The van der Waals surface area contributed by atoms with Crippen LogP contribution >= 0.6 is 11.3 Å². The molecular formula is C19H24N6S. The van der Waals surface area contributed by atoms with Crippen molar-refractivity contribution in [3.63, 3.8) is 0 Å². The lowest BCUT2D eigenvalue weighted by atomic mass is 10.1. The number of hydrogen-bond acceptors (Lipinski definition) is 7. The molecule has 7 heteroatoms. The monoisotopic (exact) mass is 368 g/mol. The number of aromatic nitrogens is 3. The Labute approximate surface area is 158 Å². The van der Waals surface area contributed by atoms with Crippen LogP contribution in [0.3, 0.4) is 0 Å². The van der Waals surface area contributed by atoms with Crippen LogP contribution in [0.1, 0.15) is 9.88 Å². The van der Waals surface area contributed by atoms with E-state index >= 15 is 0 Å². The Morgan fingerprint density at radius 3 is 2.58 bits per heavy atom. The van der Waals surface area contributed by atoms with E-state index in [-0.39, 0.29) is 0 Å². The molecule has 136 valence electrons. The summed E-state index contributed by atoms with van der Waals surface area (Å²) >= 11 is 1.80. The summed E-state index contributed by atoms with van der Waals surface area (Å²) in [7, 11) is 4.04. The van der Waals surface area contributed by atoms with Crippen molar-refractivity contribution in [2.75, 3.05) is 50.1 Å². The molecule has 6 nitrogen and oxygen atoms in total. The van der Waals surface area contributed by atoms with Crippen molar-refractivity contribution in [1.29, 1.82) is 0 Å². The van der Waals surface area contributed by atoms with Crippen LogP contribution in [0.25, 0.3) is 10.9 Å². The molecule has 1 aliphatic rings. The fraction of sp³-hybridized carbons (Fsp3) is 0.421. The highest BCUT2D eigenvalue weighted by atomic mass is 32.1. The van der Waals surface area contributed by atoms with Gasteiger partial charge >= 0.3 is 0 Å². The van der Waals surface area contributed by atoms with Gasteiger partial charge in [0, 0.05) is 69.0 Å². The summed E-state index contributed by atoms with van der Waals surface area (Å²) in [4.78, 5) is 21.6. The third kappa shape index (κ3) is 3.50. The van der Waals surface area contributed by atoms with Gasteiger partial charge in [-0.3, -0.25) is 4.90 Å². The number of nitrogens with zero attached hydrogens (tertiary/aromatic N) is 6. The Balaban J connectivity index is 1.48. The second-order valence-electron chi connectivity index (χ2n) is 6.90. The quantitative estimate of drug-likeness (QED) is 0.706. The van der Waals surface area contributed by atoms with E-state index in [1.165, 1.54) is 10.6 Å². The highest BCUT2D eigenvalue weighted by Gasteiger charge is 2.19. The van der Waals surface area contributed by atoms with Crippen LogP contribution in [0.2, 0.25) is 0 Å². The first-order valence-electron chi connectivity index (χ1n) is 8.91. The average molecular weight is 369 g/mol.